The Hall–Kier alpha value is -2.98. The molecule has 2 aromatic rings. The van der Waals surface area contributed by atoms with Gasteiger partial charge in [0.1, 0.15) is 11.3 Å². The van der Waals surface area contributed by atoms with Gasteiger partial charge >= 0.3 is 11.6 Å². The van der Waals surface area contributed by atoms with Gasteiger partial charge in [-0.25, -0.2) is 22.3 Å². The normalized spacial score (nSPS) is 12.5. The van der Waals surface area contributed by atoms with Crippen LogP contribution in [0.3, 0.4) is 0 Å². The van der Waals surface area contributed by atoms with Crippen LogP contribution in [0.2, 0.25) is 0 Å². The molecule has 0 aliphatic carbocycles. The second kappa shape index (κ2) is 8.58. The molecule has 1 atom stereocenters. The molecule has 2 rings (SSSR count). The minimum absolute atomic E-state index is 0.00973. The van der Waals surface area contributed by atoms with Crippen molar-refractivity contribution in [1.29, 1.82) is 0 Å². The van der Waals surface area contributed by atoms with E-state index in [1.807, 2.05) is 0 Å². The summed E-state index contributed by atoms with van der Waals surface area (Å²) in [6.07, 6.45) is -1.18. The van der Waals surface area contributed by atoms with Gasteiger partial charge in [-0.05, 0) is 44.5 Å². The van der Waals surface area contributed by atoms with E-state index in [9.17, 15) is 22.8 Å². The summed E-state index contributed by atoms with van der Waals surface area (Å²) < 4.78 is 35.5. The molecule has 0 unspecified atom stereocenters. The minimum atomic E-state index is -3.66. The first-order valence-electron chi connectivity index (χ1n) is 8.59. The van der Waals surface area contributed by atoms with E-state index in [0.29, 0.717) is 5.56 Å². The molecule has 0 aliphatic rings. The van der Waals surface area contributed by atoms with Crippen molar-refractivity contribution in [2.75, 3.05) is 19.4 Å². The number of anilines is 1. The lowest BCUT2D eigenvalue weighted by Gasteiger charge is -2.16. The molecule has 0 aliphatic heterocycles. The molecular formula is C19H22N2O7S. The Bertz CT molecular complexity index is 1080. The Balaban J connectivity index is 2.14. The molecule has 1 amide bonds. The molecule has 9 nitrogen and oxygen atoms in total. The Labute approximate surface area is 168 Å². The molecule has 1 heterocycles. The number of benzene rings is 1. The number of rotatable bonds is 6. The molecule has 1 aromatic heterocycles. The molecule has 156 valence electrons. The summed E-state index contributed by atoms with van der Waals surface area (Å²) in [5, 5.41) is 2.52. The van der Waals surface area contributed by atoms with Gasteiger partial charge in [0.15, 0.2) is 6.10 Å². The van der Waals surface area contributed by atoms with Gasteiger partial charge in [0.05, 0.1) is 4.90 Å². The second-order valence-electron chi connectivity index (χ2n) is 6.53. The number of nitrogens with one attached hydrogen (secondary N) is 1. The van der Waals surface area contributed by atoms with Crippen LogP contribution in [0.25, 0.3) is 0 Å². The first-order chi connectivity index (χ1) is 13.4. The van der Waals surface area contributed by atoms with E-state index in [1.165, 1.54) is 52.2 Å². The SMILES string of the molecule is Cc1cc(=O)oc(C)c1C(=O)O[C@H](C)C(=O)Nc1cccc(S(=O)(=O)N(C)C)c1. The fourth-order valence-corrected chi connectivity index (χ4v) is 3.47. The zero-order valence-electron chi connectivity index (χ0n) is 16.7. The van der Waals surface area contributed by atoms with Gasteiger partial charge in [0.25, 0.3) is 5.91 Å². The molecule has 1 N–H and O–H groups in total. The summed E-state index contributed by atoms with van der Waals surface area (Å²) in [4.78, 5) is 36.1. The van der Waals surface area contributed by atoms with E-state index in [1.54, 1.807) is 6.92 Å². The van der Waals surface area contributed by atoms with Crippen LogP contribution in [0.15, 0.2) is 44.4 Å². The zero-order chi connectivity index (χ0) is 21.9. The highest BCUT2D eigenvalue weighted by Crippen LogP contribution is 2.19. The lowest BCUT2D eigenvalue weighted by atomic mass is 10.1. The van der Waals surface area contributed by atoms with Crippen LogP contribution in [0.1, 0.15) is 28.6 Å². The predicted molar refractivity (Wildman–Crippen MR) is 105 cm³/mol. The van der Waals surface area contributed by atoms with E-state index in [-0.39, 0.29) is 21.9 Å². The first kappa shape index (κ1) is 22.3. The number of hydrogen-bond acceptors (Lipinski definition) is 7. The van der Waals surface area contributed by atoms with Crippen molar-refractivity contribution in [2.24, 2.45) is 0 Å². The van der Waals surface area contributed by atoms with Crippen molar-refractivity contribution in [3.63, 3.8) is 0 Å². The van der Waals surface area contributed by atoms with Crippen LogP contribution in [-0.2, 0) is 19.6 Å². The lowest BCUT2D eigenvalue weighted by Crippen LogP contribution is -2.30. The van der Waals surface area contributed by atoms with Crippen LogP contribution in [0.5, 0.6) is 0 Å². The standard InChI is InChI=1S/C19H22N2O7S/c1-11-9-16(22)27-12(2)17(11)19(24)28-13(3)18(23)20-14-7-6-8-15(10-14)29(25,26)21(4)5/h6-10,13H,1-5H3,(H,20,23)/t13-/m1/s1. The van der Waals surface area contributed by atoms with Crippen LogP contribution < -0.4 is 10.9 Å². The van der Waals surface area contributed by atoms with Crippen LogP contribution in [0, 0.1) is 13.8 Å². The summed E-state index contributed by atoms with van der Waals surface area (Å²) >= 11 is 0. The predicted octanol–water partition coefficient (Wildman–Crippen LogP) is 1.69. The van der Waals surface area contributed by atoms with Crippen molar-refractivity contribution < 1.29 is 27.2 Å². The number of aryl methyl sites for hydroxylation is 2. The van der Waals surface area contributed by atoms with Crippen LogP contribution in [-0.4, -0.2) is 44.8 Å². The zero-order valence-corrected chi connectivity index (χ0v) is 17.5. The lowest BCUT2D eigenvalue weighted by molar-refractivity contribution is -0.123. The number of hydrogen-bond donors (Lipinski definition) is 1. The topological polar surface area (TPSA) is 123 Å². The molecule has 29 heavy (non-hydrogen) atoms. The Morgan fingerprint density at radius 2 is 1.83 bits per heavy atom. The monoisotopic (exact) mass is 422 g/mol. The quantitative estimate of drug-likeness (QED) is 0.703. The van der Waals surface area contributed by atoms with Crippen molar-refractivity contribution in [1.82, 2.24) is 4.31 Å². The van der Waals surface area contributed by atoms with Crippen LogP contribution in [0.4, 0.5) is 5.69 Å². The van der Waals surface area contributed by atoms with Gasteiger partial charge in [-0.15, -0.1) is 0 Å². The maximum atomic E-state index is 12.4. The van der Waals surface area contributed by atoms with Gasteiger partial charge in [-0.1, -0.05) is 6.07 Å². The molecule has 0 radical (unpaired) electrons. The molecule has 0 bridgehead atoms. The molecular weight excluding hydrogens is 400 g/mol. The highest BCUT2D eigenvalue weighted by Gasteiger charge is 2.24. The van der Waals surface area contributed by atoms with Gasteiger partial charge in [0.2, 0.25) is 10.0 Å². The summed E-state index contributed by atoms with van der Waals surface area (Å²) in [6, 6.07) is 6.87. The fourth-order valence-electron chi connectivity index (χ4n) is 2.52. The number of carbonyl (C=O) groups is 2. The molecule has 10 heteroatoms. The Morgan fingerprint density at radius 1 is 1.17 bits per heavy atom. The molecule has 0 spiro atoms. The number of amides is 1. The molecule has 0 saturated heterocycles. The van der Waals surface area contributed by atoms with E-state index >= 15 is 0 Å². The van der Waals surface area contributed by atoms with E-state index < -0.39 is 33.6 Å². The smallest absolute Gasteiger partial charge is 0.342 e. The Kier molecular flexibility index (Phi) is 6.60. The molecule has 0 fully saturated rings. The number of esters is 1. The second-order valence-corrected chi connectivity index (χ2v) is 8.68. The van der Waals surface area contributed by atoms with Gasteiger partial charge in [-0.3, -0.25) is 4.79 Å². The number of sulfonamides is 1. The van der Waals surface area contributed by atoms with Crippen molar-refractivity contribution in [2.45, 2.75) is 31.8 Å². The average molecular weight is 422 g/mol. The number of carbonyl (C=O) groups excluding carboxylic acids is 2. The van der Waals surface area contributed by atoms with Gasteiger partial charge in [0, 0.05) is 25.8 Å². The molecule has 1 aromatic carbocycles. The summed E-state index contributed by atoms with van der Waals surface area (Å²) in [7, 11) is -0.862. The van der Waals surface area contributed by atoms with Gasteiger partial charge < -0.3 is 14.5 Å². The van der Waals surface area contributed by atoms with Crippen molar-refractivity contribution >= 4 is 27.6 Å². The first-order valence-corrected chi connectivity index (χ1v) is 10.0. The average Bonchev–Trinajstić information content (AvgIpc) is 2.60. The minimum Gasteiger partial charge on any atom is -0.449 e. The summed E-state index contributed by atoms with van der Waals surface area (Å²) in [5.41, 5.74) is 0.0927. The van der Waals surface area contributed by atoms with Crippen molar-refractivity contribution in [3.8, 4) is 0 Å². The van der Waals surface area contributed by atoms with Gasteiger partial charge in [-0.2, -0.15) is 0 Å². The number of ether oxygens (including phenoxy) is 1. The summed E-state index contributed by atoms with van der Waals surface area (Å²) in [5.74, 6) is -1.37. The third kappa shape index (κ3) is 5.09. The highest BCUT2D eigenvalue weighted by molar-refractivity contribution is 7.89. The highest BCUT2D eigenvalue weighted by atomic mass is 32.2. The molecule has 0 saturated carbocycles. The van der Waals surface area contributed by atoms with Crippen molar-refractivity contribution in [3.05, 3.63) is 57.6 Å². The number of nitrogens with zero attached hydrogens (tertiary/aromatic N) is 1. The van der Waals surface area contributed by atoms with E-state index in [4.69, 9.17) is 9.15 Å². The Morgan fingerprint density at radius 3 is 2.41 bits per heavy atom. The largest absolute Gasteiger partial charge is 0.449 e. The third-order valence-electron chi connectivity index (χ3n) is 4.07. The van der Waals surface area contributed by atoms with E-state index in [2.05, 4.69) is 5.32 Å². The summed E-state index contributed by atoms with van der Waals surface area (Å²) in [6.45, 7) is 4.38. The van der Waals surface area contributed by atoms with E-state index in [0.717, 1.165) is 10.4 Å². The maximum Gasteiger partial charge on any atom is 0.342 e. The van der Waals surface area contributed by atoms with Crippen LogP contribution >= 0.6 is 0 Å². The third-order valence-corrected chi connectivity index (χ3v) is 5.88. The maximum absolute atomic E-state index is 12.4. The fraction of sp³-hybridized carbons (Fsp3) is 0.316.